The van der Waals surface area contributed by atoms with E-state index < -0.39 is 47.4 Å². The van der Waals surface area contributed by atoms with Gasteiger partial charge >= 0.3 is 0 Å². The minimum Gasteiger partial charge on any atom is -0.507 e. The number of carbonyl (C=O) groups excluding carboxylic acids is 5. The van der Waals surface area contributed by atoms with Crippen molar-refractivity contribution < 1.29 is 43.7 Å². The number of hydrogen-bond acceptors (Lipinski definition) is 11. The van der Waals surface area contributed by atoms with Gasteiger partial charge < -0.3 is 25.0 Å². The highest BCUT2D eigenvalue weighted by molar-refractivity contribution is 6.35. The molecular weight excluding hydrogens is 522 g/mol. The number of benzene rings is 1. The van der Waals surface area contributed by atoms with Crippen molar-refractivity contribution in [3.05, 3.63) is 39.2 Å². The quantitative estimate of drug-likeness (QED) is 0.264. The van der Waals surface area contributed by atoms with Crippen LogP contribution in [0.1, 0.15) is 47.8 Å². The molecule has 0 radical (unpaired) electrons. The Hall–Kier alpha value is -4.03. The number of piperazine rings is 1. The third kappa shape index (κ3) is 3.62. The van der Waals surface area contributed by atoms with Gasteiger partial charge in [0.25, 0.3) is 5.91 Å². The second-order valence-electron chi connectivity index (χ2n) is 10.6. The number of ether oxygens (including phenoxy) is 2. The summed E-state index contributed by atoms with van der Waals surface area (Å²) >= 11 is 0. The number of carbonyl (C=O) groups is 5. The maximum Gasteiger partial charge on any atom is 0.287 e. The van der Waals surface area contributed by atoms with Crippen LogP contribution in [0.5, 0.6) is 17.2 Å². The molecule has 1 aromatic carbocycles. The lowest BCUT2D eigenvalue weighted by molar-refractivity contribution is -0.137. The second kappa shape index (κ2) is 9.56. The first-order valence-corrected chi connectivity index (χ1v) is 12.9. The van der Waals surface area contributed by atoms with E-state index in [1.54, 1.807) is 18.9 Å². The highest BCUT2D eigenvalue weighted by Gasteiger charge is 2.56. The summed E-state index contributed by atoms with van der Waals surface area (Å²) < 4.78 is 10.7. The maximum atomic E-state index is 13.8. The maximum absolute atomic E-state index is 13.8. The average Bonchev–Trinajstić information content (AvgIpc) is 2.91. The van der Waals surface area contributed by atoms with E-state index in [4.69, 9.17) is 9.47 Å². The van der Waals surface area contributed by atoms with Crippen LogP contribution in [-0.2, 0) is 23.9 Å². The Kier molecular flexibility index (Phi) is 6.58. The zero-order valence-corrected chi connectivity index (χ0v) is 23.1. The van der Waals surface area contributed by atoms with Crippen molar-refractivity contribution in [3.8, 4) is 17.2 Å². The van der Waals surface area contributed by atoms with Crippen molar-refractivity contribution in [2.45, 2.75) is 51.4 Å². The molecule has 40 heavy (non-hydrogen) atoms. The molecule has 1 fully saturated rings. The topological polar surface area (TPSA) is 163 Å². The van der Waals surface area contributed by atoms with Gasteiger partial charge in [-0.15, -0.1) is 0 Å². The van der Waals surface area contributed by atoms with E-state index in [0.717, 1.165) is 6.92 Å². The number of nitrogens with zero attached hydrogens (tertiary/aromatic N) is 2. The number of fused-ring (bicyclic) bond motifs is 6. The van der Waals surface area contributed by atoms with Crippen LogP contribution < -0.4 is 10.1 Å². The minimum atomic E-state index is -0.872. The van der Waals surface area contributed by atoms with Gasteiger partial charge in [-0.1, -0.05) is 0 Å². The third-order valence-corrected chi connectivity index (χ3v) is 8.68. The van der Waals surface area contributed by atoms with E-state index in [1.807, 2.05) is 4.90 Å². The Bertz CT molecular complexity index is 1470. The van der Waals surface area contributed by atoms with Crippen LogP contribution in [0.15, 0.2) is 22.5 Å². The van der Waals surface area contributed by atoms with E-state index in [0.29, 0.717) is 0 Å². The summed E-state index contributed by atoms with van der Waals surface area (Å²) in [6, 6.07) is -2.89. The van der Waals surface area contributed by atoms with E-state index in [9.17, 15) is 34.2 Å². The van der Waals surface area contributed by atoms with Gasteiger partial charge in [0, 0.05) is 53.9 Å². The summed E-state index contributed by atoms with van der Waals surface area (Å²) in [7, 11) is 4.38. The van der Waals surface area contributed by atoms with Gasteiger partial charge in [0.05, 0.1) is 37.9 Å². The van der Waals surface area contributed by atoms with Gasteiger partial charge in [-0.25, -0.2) is 0 Å². The fourth-order valence-electron chi connectivity index (χ4n) is 6.75. The summed E-state index contributed by atoms with van der Waals surface area (Å²) in [5, 5.41) is 24.9. The van der Waals surface area contributed by atoms with Crippen LogP contribution in [0.25, 0.3) is 0 Å². The Morgan fingerprint density at radius 2 is 1.73 bits per heavy atom. The zero-order valence-electron chi connectivity index (χ0n) is 23.1. The summed E-state index contributed by atoms with van der Waals surface area (Å²) in [5.41, 5.74) is 0.967. The molecule has 1 amide bonds. The first kappa shape index (κ1) is 27.5. The molecule has 0 unspecified atom stereocenters. The average molecular weight is 554 g/mol. The summed E-state index contributed by atoms with van der Waals surface area (Å²) in [5.74, 6) is -3.49. The molecule has 0 spiro atoms. The molecule has 0 saturated carbocycles. The molecule has 4 aliphatic rings. The van der Waals surface area contributed by atoms with E-state index in [1.165, 1.54) is 21.1 Å². The predicted octanol–water partition coefficient (Wildman–Crippen LogP) is 0.483. The normalized spacial score (nSPS) is 26.3. The first-order valence-electron chi connectivity index (χ1n) is 12.9. The highest BCUT2D eigenvalue weighted by Crippen LogP contribution is 2.54. The molecule has 1 saturated heterocycles. The summed E-state index contributed by atoms with van der Waals surface area (Å²) in [4.78, 5) is 68.6. The molecule has 12 nitrogen and oxygen atoms in total. The lowest BCUT2D eigenvalue weighted by atomic mass is 9.71. The van der Waals surface area contributed by atoms with Crippen molar-refractivity contribution in [3.63, 3.8) is 0 Å². The number of likely N-dealkylation sites (N-methyl/N-ethyl adjacent to an activating group) is 1. The number of hydrogen-bond donors (Lipinski definition) is 3. The molecule has 4 atom stereocenters. The molecule has 3 aliphatic heterocycles. The fourth-order valence-corrected chi connectivity index (χ4v) is 6.75. The Morgan fingerprint density at radius 1 is 1.05 bits per heavy atom. The van der Waals surface area contributed by atoms with E-state index >= 15 is 0 Å². The molecule has 3 heterocycles. The fraction of sp³-hybridized carbons (Fsp3) is 0.464. The molecule has 5 rings (SSSR count). The molecule has 1 aliphatic carbocycles. The number of phenolic OH excluding ortho intramolecular Hbond substituents is 2. The second-order valence-corrected chi connectivity index (χ2v) is 10.6. The van der Waals surface area contributed by atoms with Crippen molar-refractivity contribution >= 4 is 29.0 Å². The summed E-state index contributed by atoms with van der Waals surface area (Å²) in [6.45, 7) is 4.10. The first-order chi connectivity index (χ1) is 18.9. The number of nitrogens with one attached hydrogen (secondary N) is 1. The molecule has 0 aromatic heterocycles. The smallest absolute Gasteiger partial charge is 0.287 e. The number of aromatic hydroxyl groups is 2. The van der Waals surface area contributed by atoms with Crippen molar-refractivity contribution in [2.24, 2.45) is 0 Å². The van der Waals surface area contributed by atoms with Gasteiger partial charge in [-0.3, -0.25) is 33.8 Å². The van der Waals surface area contributed by atoms with Gasteiger partial charge in [0.2, 0.25) is 11.6 Å². The number of ketones is 4. The Labute approximate surface area is 230 Å². The summed E-state index contributed by atoms with van der Waals surface area (Å²) in [6.07, 6.45) is 0.0944. The van der Waals surface area contributed by atoms with Crippen LogP contribution in [0.4, 0.5) is 0 Å². The SMILES string of the molecule is COC1=C(C)C(=O)C2=C(C1=O)[C@H](CNC(=O)C(C)=O)N1C[C@@H]3C(=O)c4c(O)c(C)c(OC)c(O)c4[C@H]([C@H]1C2)N3C. The van der Waals surface area contributed by atoms with Crippen LogP contribution in [0.2, 0.25) is 0 Å². The largest absolute Gasteiger partial charge is 0.507 e. The molecular formula is C28H31N3O9. The van der Waals surface area contributed by atoms with E-state index in [2.05, 4.69) is 5.32 Å². The Balaban J connectivity index is 1.72. The third-order valence-electron chi connectivity index (χ3n) is 8.68. The van der Waals surface area contributed by atoms with Gasteiger partial charge in [-0.05, 0) is 27.3 Å². The van der Waals surface area contributed by atoms with Crippen LogP contribution in [-0.4, -0.2) is 102 Å². The molecule has 3 N–H and O–H groups in total. The molecule has 12 heteroatoms. The van der Waals surface area contributed by atoms with Gasteiger partial charge in [-0.2, -0.15) is 0 Å². The zero-order chi connectivity index (χ0) is 29.4. The molecule has 2 bridgehead atoms. The number of amides is 1. The van der Waals surface area contributed by atoms with Crippen LogP contribution in [0.3, 0.4) is 0 Å². The van der Waals surface area contributed by atoms with Gasteiger partial charge in [0.15, 0.2) is 28.8 Å². The lowest BCUT2D eigenvalue weighted by Gasteiger charge is -2.57. The highest BCUT2D eigenvalue weighted by atomic mass is 16.5. The molecule has 212 valence electrons. The van der Waals surface area contributed by atoms with Crippen LogP contribution >= 0.6 is 0 Å². The number of allylic oxidation sites excluding steroid dienone is 2. The number of rotatable bonds is 5. The van der Waals surface area contributed by atoms with Gasteiger partial charge in [0.1, 0.15) is 5.75 Å². The number of methoxy groups -OCH3 is 2. The van der Waals surface area contributed by atoms with Crippen molar-refractivity contribution in [1.29, 1.82) is 0 Å². The monoisotopic (exact) mass is 553 g/mol. The minimum absolute atomic E-state index is 0.00792. The van der Waals surface area contributed by atoms with Crippen LogP contribution in [0, 0.1) is 6.92 Å². The lowest BCUT2D eigenvalue weighted by Crippen LogP contribution is -2.68. The number of phenols is 2. The van der Waals surface area contributed by atoms with Crippen molar-refractivity contribution in [2.75, 3.05) is 34.4 Å². The molecule has 1 aromatic rings. The van der Waals surface area contributed by atoms with E-state index in [-0.39, 0.29) is 81.7 Å². The standard InChI is InChI=1S/C28H31N3O9/c1-10-21(33)13-7-14-20-18-19(22(34)11(2)27(40-6)25(18)37)23(35)16(30(20)4)9-31(14)15(8-29-28(38)12(3)32)17(13)24(36)26(10)39-5/h14-16,20,34,37H,7-9H2,1-6H3,(H,29,38)/t14-,15+,16-,20+/m1/s1. The number of Topliss-reactive ketones (excluding diaryl/α,β-unsaturated/α-hetero) is 4. The predicted molar refractivity (Wildman–Crippen MR) is 139 cm³/mol. The Morgan fingerprint density at radius 3 is 2.33 bits per heavy atom. The van der Waals surface area contributed by atoms with Crippen molar-refractivity contribution in [1.82, 2.24) is 15.1 Å².